The topological polar surface area (TPSA) is 116 Å². The molecule has 1 aliphatic rings. The second kappa shape index (κ2) is 7.70. The number of fused-ring (bicyclic) bond motifs is 1. The third-order valence-electron chi connectivity index (χ3n) is 5.94. The zero-order chi connectivity index (χ0) is 23.3. The van der Waals surface area contributed by atoms with Crippen molar-refractivity contribution < 1.29 is 18.5 Å². The molecule has 1 saturated carbocycles. The molecule has 168 valence electrons. The number of hydrogen-bond donors (Lipinski definition) is 2. The lowest BCUT2D eigenvalue weighted by Crippen LogP contribution is -2.40. The molecule has 33 heavy (non-hydrogen) atoms. The molecule has 2 heterocycles. The van der Waals surface area contributed by atoms with Gasteiger partial charge in [-0.15, -0.1) is 0 Å². The van der Waals surface area contributed by atoms with Crippen LogP contribution in [0.5, 0.6) is 0 Å². The van der Waals surface area contributed by atoms with Crippen molar-refractivity contribution in [2.24, 2.45) is 11.1 Å². The van der Waals surface area contributed by atoms with Gasteiger partial charge in [0.2, 0.25) is 23.5 Å². The van der Waals surface area contributed by atoms with E-state index >= 15 is 4.39 Å². The first-order valence-corrected chi connectivity index (χ1v) is 10.7. The van der Waals surface area contributed by atoms with Gasteiger partial charge in [-0.3, -0.25) is 9.59 Å². The van der Waals surface area contributed by atoms with Gasteiger partial charge in [0, 0.05) is 30.1 Å². The summed E-state index contributed by atoms with van der Waals surface area (Å²) in [5.74, 6) is -1.00. The van der Waals surface area contributed by atoms with Crippen LogP contribution in [0.25, 0.3) is 28.1 Å². The molecular weight excluding hydrogens is 449 g/mol. The Labute approximate surface area is 192 Å². The number of primary amides is 1. The molecule has 2 aromatic heterocycles. The number of nitrogens with zero attached hydrogens (tertiary/aromatic N) is 3. The van der Waals surface area contributed by atoms with Gasteiger partial charge in [0.15, 0.2) is 0 Å². The smallest absolute Gasteiger partial charge is 0.235 e. The second-order valence-corrected chi connectivity index (χ2v) is 8.43. The molecule has 5 rings (SSSR count). The summed E-state index contributed by atoms with van der Waals surface area (Å²) in [4.78, 5) is 28.1. The number of hydrogen-bond acceptors (Lipinski definition) is 5. The molecule has 10 heteroatoms. The van der Waals surface area contributed by atoms with E-state index in [0.29, 0.717) is 35.1 Å². The molecule has 0 aliphatic heterocycles. The summed E-state index contributed by atoms with van der Waals surface area (Å²) < 4.78 is 22.0. The molecule has 1 fully saturated rings. The quantitative estimate of drug-likeness (QED) is 0.420. The van der Waals surface area contributed by atoms with E-state index < -0.39 is 23.0 Å². The molecule has 2 amide bonds. The highest BCUT2D eigenvalue weighted by atomic mass is 35.5. The van der Waals surface area contributed by atoms with Crippen LogP contribution in [0.3, 0.4) is 0 Å². The summed E-state index contributed by atoms with van der Waals surface area (Å²) >= 11 is 6.66. The van der Waals surface area contributed by atoms with Crippen molar-refractivity contribution in [1.82, 2.24) is 20.0 Å². The van der Waals surface area contributed by atoms with E-state index in [-0.39, 0.29) is 17.9 Å². The fraction of sp³-hybridized carbons (Fsp3) is 0.217. The van der Waals surface area contributed by atoms with Gasteiger partial charge < -0.3 is 20.1 Å². The van der Waals surface area contributed by atoms with E-state index in [1.807, 2.05) is 24.3 Å². The number of rotatable bonds is 6. The minimum absolute atomic E-state index is 0.0654. The Kier molecular flexibility index (Phi) is 4.93. The molecule has 0 saturated heterocycles. The van der Waals surface area contributed by atoms with Crippen LogP contribution in [-0.2, 0) is 16.1 Å². The number of benzene rings is 2. The highest BCUT2D eigenvalue weighted by molar-refractivity contribution is 6.38. The van der Waals surface area contributed by atoms with Crippen molar-refractivity contribution in [3.05, 3.63) is 64.8 Å². The van der Waals surface area contributed by atoms with Crippen molar-refractivity contribution >= 4 is 34.3 Å². The van der Waals surface area contributed by atoms with Crippen LogP contribution >= 0.6 is 11.6 Å². The average molecular weight is 468 g/mol. The Bertz CT molecular complexity index is 1420. The van der Waals surface area contributed by atoms with Crippen LogP contribution in [-0.4, -0.2) is 26.5 Å². The molecule has 4 aromatic rings. The zero-order valence-corrected chi connectivity index (χ0v) is 18.3. The van der Waals surface area contributed by atoms with Crippen molar-refractivity contribution in [2.45, 2.75) is 26.3 Å². The van der Waals surface area contributed by atoms with E-state index in [0.717, 1.165) is 10.9 Å². The predicted molar refractivity (Wildman–Crippen MR) is 119 cm³/mol. The number of aryl methyl sites for hydroxylation is 1. The van der Waals surface area contributed by atoms with Gasteiger partial charge in [-0.25, -0.2) is 4.39 Å². The molecule has 2 aromatic carbocycles. The first-order valence-electron chi connectivity index (χ1n) is 10.3. The fourth-order valence-electron chi connectivity index (χ4n) is 3.94. The first kappa shape index (κ1) is 21.1. The second-order valence-electron chi connectivity index (χ2n) is 8.06. The maximum Gasteiger partial charge on any atom is 0.235 e. The lowest BCUT2D eigenvalue weighted by molar-refractivity contribution is -0.135. The summed E-state index contributed by atoms with van der Waals surface area (Å²) in [6.07, 6.45) is 0.824. The van der Waals surface area contributed by atoms with Gasteiger partial charge in [-0.2, -0.15) is 4.98 Å². The third kappa shape index (κ3) is 3.45. The summed E-state index contributed by atoms with van der Waals surface area (Å²) in [5.41, 5.74) is 6.16. The number of halogens is 2. The summed E-state index contributed by atoms with van der Waals surface area (Å²) in [7, 11) is 0. The summed E-state index contributed by atoms with van der Waals surface area (Å²) in [6, 6.07) is 12.1. The number of nitrogens with two attached hydrogens (primary N) is 1. The molecule has 0 spiro atoms. The maximum absolute atomic E-state index is 15.1. The fourth-order valence-corrected chi connectivity index (χ4v) is 4.26. The minimum Gasteiger partial charge on any atom is -0.369 e. The Balaban J connectivity index is 1.52. The summed E-state index contributed by atoms with van der Waals surface area (Å²) in [6.45, 7) is 1.61. The van der Waals surface area contributed by atoms with Crippen molar-refractivity contribution in [1.29, 1.82) is 0 Å². The monoisotopic (exact) mass is 467 g/mol. The van der Waals surface area contributed by atoms with Gasteiger partial charge in [0.05, 0.1) is 10.5 Å². The Morgan fingerprint density at radius 3 is 2.67 bits per heavy atom. The number of para-hydroxylation sites is 1. The van der Waals surface area contributed by atoms with Crippen LogP contribution in [0, 0.1) is 18.2 Å². The Morgan fingerprint density at radius 1 is 1.27 bits per heavy atom. The predicted octanol–water partition coefficient (Wildman–Crippen LogP) is 3.66. The summed E-state index contributed by atoms with van der Waals surface area (Å²) in [5, 5.41) is 7.79. The van der Waals surface area contributed by atoms with E-state index in [4.69, 9.17) is 21.9 Å². The molecule has 0 radical (unpaired) electrons. The maximum atomic E-state index is 15.1. The largest absolute Gasteiger partial charge is 0.369 e. The lowest BCUT2D eigenvalue weighted by atomic mass is 10.1. The van der Waals surface area contributed by atoms with Crippen LogP contribution in [0.2, 0.25) is 5.02 Å². The number of aromatic nitrogens is 3. The molecular formula is C23H19ClFN5O3. The number of carbonyl (C=O) groups is 2. The highest BCUT2D eigenvalue weighted by Gasteiger charge is 2.55. The minimum atomic E-state index is -1.16. The Morgan fingerprint density at radius 2 is 2.03 bits per heavy atom. The normalized spacial score (nSPS) is 14.4. The zero-order valence-electron chi connectivity index (χ0n) is 17.6. The number of carbonyl (C=O) groups excluding carboxylic acids is 2. The van der Waals surface area contributed by atoms with Crippen LogP contribution in [0.15, 0.2) is 47.0 Å². The van der Waals surface area contributed by atoms with E-state index in [1.54, 1.807) is 23.6 Å². The van der Waals surface area contributed by atoms with Crippen molar-refractivity contribution in [3.8, 4) is 17.2 Å². The highest BCUT2D eigenvalue weighted by Crippen LogP contribution is 2.45. The number of nitrogens with one attached hydrogen (secondary N) is 1. The van der Waals surface area contributed by atoms with E-state index in [1.165, 1.54) is 6.07 Å². The van der Waals surface area contributed by atoms with Gasteiger partial charge in [-0.05, 0) is 31.0 Å². The Hall–Kier alpha value is -3.72. The average Bonchev–Trinajstić information content (AvgIpc) is 3.44. The molecule has 0 atom stereocenters. The van der Waals surface area contributed by atoms with E-state index in [2.05, 4.69) is 15.5 Å². The van der Waals surface area contributed by atoms with Crippen molar-refractivity contribution in [3.63, 3.8) is 0 Å². The van der Waals surface area contributed by atoms with Gasteiger partial charge in [-0.1, -0.05) is 41.0 Å². The van der Waals surface area contributed by atoms with E-state index in [9.17, 15) is 9.59 Å². The number of amides is 2. The van der Waals surface area contributed by atoms with Gasteiger partial charge >= 0.3 is 0 Å². The van der Waals surface area contributed by atoms with Crippen LogP contribution in [0.1, 0.15) is 24.3 Å². The molecule has 0 bridgehead atoms. The molecule has 0 unspecified atom stereocenters. The standard InChI is InChI=1S/C23H19ClFN5O3/c1-12-28-20(29-33-12)19-18(24)15-4-2-3-5-17(15)30(19)14-7-6-13(16(25)10-14)11-27-22(32)23(8-9-23)21(26)31/h2-7,10H,8-9,11H2,1H3,(H2,26,31)(H,27,32). The molecule has 1 aliphatic carbocycles. The lowest BCUT2D eigenvalue weighted by Gasteiger charge is -2.14. The SMILES string of the molecule is Cc1nc(-c2c(Cl)c3ccccc3n2-c2ccc(CNC(=O)C3(C(N)=O)CC3)c(F)c2)no1. The van der Waals surface area contributed by atoms with Crippen LogP contribution < -0.4 is 11.1 Å². The van der Waals surface area contributed by atoms with Gasteiger partial charge in [0.1, 0.15) is 16.9 Å². The molecule has 8 nitrogen and oxygen atoms in total. The van der Waals surface area contributed by atoms with Crippen molar-refractivity contribution in [2.75, 3.05) is 0 Å². The van der Waals surface area contributed by atoms with Crippen LogP contribution in [0.4, 0.5) is 4.39 Å². The third-order valence-corrected chi connectivity index (χ3v) is 6.33. The van der Waals surface area contributed by atoms with Gasteiger partial charge in [0.25, 0.3) is 0 Å². The molecule has 3 N–H and O–H groups in total. The first-order chi connectivity index (χ1) is 15.8.